The number of ether oxygens (including phenoxy) is 1. The van der Waals surface area contributed by atoms with E-state index in [-0.39, 0.29) is 6.03 Å². The van der Waals surface area contributed by atoms with Crippen molar-refractivity contribution in [3.05, 3.63) is 29.3 Å². The number of benzene rings is 1. The topological polar surface area (TPSA) is 41.6 Å². The summed E-state index contributed by atoms with van der Waals surface area (Å²) in [6, 6.07) is 7.40. The van der Waals surface area contributed by atoms with Crippen LogP contribution in [0.25, 0.3) is 0 Å². The molecule has 130 valence electrons. The third-order valence-electron chi connectivity index (χ3n) is 3.15. The number of carbonyl (C=O) groups excluding carboxylic acids is 1. The van der Waals surface area contributed by atoms with Gasteiger partial charge in [-0.25, -0.2) is 4.79 Å². The summed E-state index contributed by atoms with van der Waals surface area (Å²) in [4.78, 5) is 14.1. The van der Waals surface area contributed by atoms with Crippen LogP contribution >= 0.6 is 11.6 Å². The maximum atomic E-state index is 12.3. The Morgan fingerprint density at radius 1 is 1.17 bits per heavy atom. The molecule has 0 aromatic heterocycles. The zero-order valence-corrected chi connectivity index (χ0v) is 15.4. The smallest absolute Gasteiger partial charge is 0.317 e. The van der Waals surface area contributed by atoms with Crippen molar-refractivity contribution in [2.24, 2.45) is 11.8 Å². The predicted molar refractivity (Wildman–Crippen MR) is 96.2 cm³/mol. The summed E-state index contributed by atoms with van der Waals surface area (Å²) in [5.41, 5.74) is 0. The van der Waals surface area contributed by atoms with Crippen LogP contribution in [0.4, 0.5) is 4.79 Å². The van der Waals surface area contributed by atoms with Crippen LogP contribution in [0.5, 0.6) is 5.75 Å². The molecule has 2 amide bonds. The first-order valence-electron chi connectivity index (χ1n) is 8.30. The van der Waals surface area contributed by atoms with Gasteiger partial charge in [0.1, 0.15) is 5.75 Å². The molecule has 5 heteroatoms. The van der Waals surface area contributed by atoms with Crippen LogP contribution in [0.1, 0.15) is 34.1 Å². The largest absolute Gasteiger partial charge is 0.492 e. The van der Waals surface area contributed by atoms with E-state index in [2.05, 4.69) is 33.0 Å². The predicted octanol–water partition coefficient (Wildman–Crippen LogP) is 4.43. The Bertz CT molecular complexity index is 468. The molecule has 1 N–H and O–H groups in total. The number of hydrogen-bond donors (Lipinski definition) is 1. The van der Waals surface area contributed by atoms with Crippen molar-refractivity contribution in [3.63, 3.8) is 0 Å². The second kappa shape index (κ2) is 10.4. The van der Waals surface area contributed by atoms with Crippen molar-refractivity contribution in [2.75, 3.05) is 26.2 Å². The van der Waals surface area contributed by atoms with Gasteiger partial charge in [0.25, 0.3) is 0 Å². The van der Waals surface area contributed by atoms with Crippen LogP contribution in [0.2, 0.25) is 5.02 Å². The first-order valence-corrected chi connectivity index (χ1v) is 8.68. The summed E-state index contributed by atoms with van der Waals surface area (Å²) in [6.07, 6.45) is 0.744. The molecule has 0 atom stereocenters. The Morgan fingerprint density at radius 2 is 1.78 bits per heavy atom. The third kappa shape index (κ3) is 8.12. The average Bonchev–Trinajstić information content (AvgIpc) is 2.47. The lowest BCUT2D eigenvalue weighted by atomic mass is 10.1. The lowest BCUT2D eigenvalue weighted by Gasteiger charge is -2.26. The first-order chi connectivity index (χ1) is 10.9. The Morgan fingerprint density at radius 3 is 2.35 bits per heavy atom. The lowest BCUT2D eigenvalue weighted by Crippen LogP contribution is -2.44. The van der Waals surface area contributed by atoms with Gasteiger partial charge in [0.2, 0.25) is 0 Å². The van der Waals surface area contributed by atoms with Gasteiger partial charge in [-0.05, 0) is 30.4 Å². The normalized spacial score (nSPS) is 10.9. The number of hydrogen-bond acceptors (Lipinski definition) is 2. The molecular weight excluding hydrogens is 312 g/mol. The number of para-hydroxylation sites is 1. The quantitative estimate of drug-likeness (QED) is 0.675. The molecule has 1 aromatic carbocycles. The number of amides is 2. The molecule has 0 unspecified atom stereocenters. The number of nitrogens with zero attached hydrogens (tertiary/aromatic N) is 1. The van der Waals surface area contributed by atoms with E-state index in [1.807, 2.05) is 23.1 Å². The van der Waals surface area contributed by atoms with Crippen molar-refractivity contribution >= 4 is 17.6 Å². The van der Waals surface area contributed by atoms with Gasteiger partial charge < -0.3 is 15.0 Å². The summed E-state index contributed by atoms with van der Waals surface area (Å²) in [5, 5.41) is 3.58. The highest BCUT2D eigenvalue weighted by Gasteiger charge is 2.15. The third-order valence-corrected chi connectivity index (χ3v) is 3.46. The molecular formula is C18H29ClN2O2. The fourth-order valence-corrected chi connectivity index (χ4v) is 2.44. The SMILES string of the molecule is CC(C)CN(CC(C)C)C(=O)NCCCOc1ccccc1Cl. The molecule has 0 radical (unpaired) electrons. The number of urea groups is 1. The van der Waals surface area contributed by atoms with E-state index in [1.165, 1.54) is 0 Å². The Balaban J connectivity index is 2.30. The maximum absolute atomic E-state index is 12.3. The van der Waals surface area contributed by atoms with Gasteiger partial charge in [-0.15, -0.1) is 0 Å². The van der Waals surface area contributed by atoms with Gasteiger partial charge in [-0.3, -0.25) is 0 Å². The molecule has 1 aromatic rings. The van der Waals surface area contributed by atoms with E-state index in [1.54, 1.807) is 6.07 Å². The van der Waals surface area contributed by atoms with Crippen LogP contribution in [-0.4, -0.2) is 37.2 Å². The molecule has 1 rings (SSSR count). The molecule has 23 heavy (non-hydrogen) atoms. The zero-order valence-electron chi connectivity index (χ0n) is 14.6. The molecule has 0 bridgehead atoms. The minimum atomic E-state index is 0.00476. The summed E-state index contributed by atoms with van der Waals surface area (Å²) in [7, 11) is 0. The minimum absolute atomic E-state index is 0.00476. The van der Waals surface area contributed by atoms with E-state index >= 15 is 0 Å². The lowest BCUT2D eigenvalue weighted by molar-refractivity contribution is 0.182. The maximum Gasteiger partial charge on any atom is 0.317 e. The van der Waals surface area contributed by atoms with E-state index in [0.717, 1.165) is 19.5 Å². The van der Waals surface area contributed by atoms with Crippen molar-refractivity contribution in [3.8, 4) is 5.75 Å². The Kier molecular flexibility index (Phi) is 8.85. The van der Waals surface area contributed by atoms with Gasteiger partial charge in [0, 0.05) is 19.6 Å². The highest BCUT2D eigenvalue weighted by atomic mass is 35.5. The molecule has 0 saturated heterocycles. The fourth-order valence-electron chi connectivity index (χ4n) is 2.25. The van der Waals surface area contributed by atoms with E-state index in [4.69, 9.17) is 16.3 Å². The molecule has 4 nitrogen and oxygen atoms in total. The van der Waals surface area contributed by atoms with Crippen molar-refractivity contribution in [1.82, 2.24) is 10.2 Å². The summed E-state index contributed by atoms with van der Waals surface area (Å²) >= 11 is 6.02. The van der Waals surface area contributed by atoms with Gasteiger partial charge >= 0.3 is 6.03 Å². The second-order valence-corrected chi connectivity index (χ2v) is 6.96. The number of rotatable bonds is 9. The Hall–Kier alpha value is -1.42. The molecule has 0 spiro atoms. The molecule has 0 aliphatic carbocycles. The van der Waals surface area contributed by atoms with Crippen LogP contribution in [0, 0.1) is 11.8 Å². The number of nitrogens with one attached hydrogen (secondary N) is 1. The van der Waals surface area contributed by atoms with Crippen molar-refractivity contribution in [1.29, 1.82) is 0 Å². The summed E-state index contributed by atoms with van der Waals surface area (Å²) in [5.74, 6) is 1.60. The monoisotopic (exact) mass is 340 g/mol. The fraction of sp³-hybridized carbons (Fsp3) is 0.611. The highest BCUT2D eigenvalue weighted by Crippen LogP contribution is 2.22. The molecule has 0 aliphatic heterocycles. The second-order valence-electron chi connectivity index (χ2n) is 6.56. The van der Waals surface area contributed by atoms with Gasteiger partial charge in [0.15, 0.2) is 0 Å². The summed E-state index contributed by atoms with van der Waals surface area (Å²) in [6.45, 7) is 11.2. The average molecular weight is 341 g/mol. The minimum Gasteiger partial charge on any atom is -0.492 e. The molecule has 0 fully saturated rings. The first kappa shape index (κ1) is 19.6. The highest BCUT2D eigenvalue weighted by molar-refractivity contribution is 6.32. The van der Waals surface area contributed by atoms with Gasteiger partial charge in [-0.2, -0.15) is 0 Å². The zero-order chi connectivity index (χ0) is 17.2. The van der Waals surface area contributed by atoms with Crippen LogP contribution in [0.15, 0.2) is 24.3 Å². The van der Waals surface area contributed by atoms with Gasteiger partial charge in [0.05, 0.1) is 11.6 Å². The molecule has 0 heterocycles. The van der Waals surface area contributed by atoms with Crippen molar-refractivity contribution in [2.45, 2.75) is 34.1 Å². The van der Waals surface area contributed by atoms with Crippen LogP contribution in [0.3, 0.4) is 0 Å². The van der Waals surface area contributed by atoms with Crippen LogP contribution in [-0.2, 0) is 0 Å². The van der Waals surface area contributed by atoms with E-state index < -0.39 is 0 Å². The Labute approximate surface area is 145 Å². The van der Waals surface area contributed by atoms with E-state index in [0.29, 0.717) is 35.8 Å². The summed E-state index contributed by atoms with van der Waals surface area (Å²) < 4.78 is 5.61. The van der Waals surface area contributed by atoms with Gasteiger partial charge in [-0.1, -0.05) is 51.4 Å². The molecule has 0 saturated carbocycles. The molecule has 0 aliphatic rings. The standard InChI is InChI=1S/C18H29ClN2O2/c1-14(2)12-21(13-15(3)4)18(22)20-10-7-11-23-17-9-6-5-8-16(17)19/h5-6,8-9,14-15H,7,10-13H2,1-4H3,(H,20,22). The number of carbonyl (C=O) groups is 1. The van der Waals surface area contributed by atoms with E-state index in [9.17, 15) is 4.79 Å². The van der Waals surface area contributed by atoms with Crippen molar-refractivity contribution < 1.29 is 9.53 Å². The number of halogens is 1. The van der Waals surface area contributed by atoms with Crippen LogP contribution < -0.4 is 10.1 Å².